The van der Waals surface area contributed by atoms with E-state index < -0.39 is 27.9 Å². The van der Waals surface area contributed by atoms with E-state index in [-0.39, 0.29) is 15.7 Å². The van der Waals surface area contributed by atoms with Crippen molar-refractivity contribution in [3.63, 3.8) is 0 Å². The molecule has 1 heterocycles. The molecule has 0 spiro atoms. The molecule has 1 unspecified atom stereocenters. The van der Waals surface area contributed by atoms with Crippen molar-refractivity contribution in [3.05, 3.63) is 15.8 Å². The molecule has 0 fully saturated rings. The highest BCUT2D eigenvalue weighted by Gasteiger charge is 2.31. The molecule has 0 aromatic carbocycles. The third-order valence-corrected chi connectivity index (χ3v) is 5.48. The van der Waals surface area contributed by atoms with Crippen molar-refractivity contribution in [2.75, 3.05) is 0 Å². The average molecular weight is 320 g/mol. The number of sulfonamides is 1. The van der Waals surface area contributed by atoms with Crippen LogP contribution in [0.5, 0.6) is 0 Å². The molecule has 0 saturated heterocycles. The van der Waals surface area contributed by atoms with Gasteiger partial charge < -0.3 is 10.8 Å². The van der Waals surface area contributed by atoms with Crippen LogP contribution in [0.4, 0.5) is 0 Å². The van der Waals surface area contributed by atoms with Crippen molar-refractivity contribution >= 4 is 33.2 Å². The highest BCUT2D eigenvalue weighted by molar-refractivity contribution is 7.89. The Labute approximate surface area is 120 Å². The van der Waals surface area contributed by atoms with E-state index in [1.54, 1.807) is 13.8 Å². The number of hydrogen-bond donors (Lipinski definition) is 3. The number of nitrogens with one attached hydrogen (secondary N) is 1. The van der Waals surface area contributed by atoms with E-state index in [9.17, 15) is 18.0 Å². The second-order valence-corrected chi connectivity index (χ2v) is 7.16. The van der Waals surface area contributed by atoms with Crippen LogP contribution in [0.15, 0.2) is 10.3 Å². The first-order valence-electron chi connectivity index (χ1n) is 5.71. The van der Waals surface area contributed by atoms with Crippen molar-refractivity contribution in [2.24, 2.45) is 11.7 Å². The van der Waals surface area contributed by atoms with Gasteiger partial charge in [-0.15, -0.1) is 11.3 Å². The Hall–Kier alpha value is -1.45. The molecular weight excluding hydrogens is 304 g/mol. The number of thiophene rings is 1. The molecule has 1 amide bonds. The van der Waals surface area contributed by atoms with E-state index >= 15 is 0 Å². The highest BCUT2D eigenvalue weighted by atomic mass is 32.2. The highest BCUT2D eigenvalue weighted by Crippen LogP contribution is 2.27. The molecule has 0 radical (unpaired) electrons. The summed E-state index contributed by atoms with van der Waals surface area (Å²) in [7, 11) is -4.13. The molecule has 0 bridgehead atoms. The molecule has 1 aromatic heterocycles. The number of carboxylic acid groups (broad SMARTS) is 1. The molecular formula is C11H16N2O5S2. The summed E-state index contributed by atoms with van der Waals surface area (Å²) in [6.07, 6.45) is 0. The number of carbonyl (C=O) groups excluding carboxylic acids is 1. The monoisotopic (exact) mass is 320 g/mol. The lowest BCUT2D eigenvalue weighted by Crippen LogP contribution is -2.47. The number of carboxylic acids is 1. The van der Waals surface area contributed by atoms with Crippen LogP contribution in [-0.2, 0) is 14.8 Å². The van der Waals surface area contributed by atoms with Crippen LogP contribution in [0.2, 0.25) is 0 Å². The van der Waals surface area contributed by atoms with Crippen molar-refractivity contribution in [3.8, 4) is 0 Å². The molecule has 9 heteroatoms. The van der Waals surface area contributed by atoms with Crippen molar-refractivity contribution in [1.82, 2.24) is 4.72 Å². The average Bonchev–Trinajstić information content (AvgIpc) is 2.68. The topological polar surface area (TPSA) is 127 Å². The van der Waals surface area contributed by atoms with Crippen molar-refractivity contribution in [1.29, 1.82) is 0 Å². The Bertz CT molecular complexity index is 633. The van der Waals surface area contributed by atoms with E-state index in [4.69, 9.17) is 10.8 Å². The zero-order chi connectivity index (χ0) is 15.7. The molecule has 0 aliphatic carbocycles. The summed E-state index contributed by atoms with van der Waals surface area (Å²) in [5.41, 5.74) is 5.47. The van der Waals surface area contributed by atoms with Crippen LogP contribution in [0.3, 0.4) is 0 Å². The van der Waals surface area contributed by atoms with Crippen LogP contribution in [0.1, 0.15) is 29.1 Å². The van der Waals surface area contributed by atoms with Crippen molar-refractivity contribution < 1.29 is 23.1 Å². The van der Waals surface area contributed by atoms with Gasteiger partial charge in [0.1, 0.15) is 15.8 Å². The van der Waals surface area contributed by atoms with Crippen LogP contribution in [0.25, 0.3) is 0 Å². The quantitative estimate of drug-likeness (QED) is 0.705. The van der Waals surface area contributed by atoms with Gasteiger partial charge in [0.25, 0.3) is 0 Å². The van der Waals surface area contributed by atoms with E-state index in [1.807, 2.05) is 0 Å². The lowest BCUT2D eigenvalue weighted by Gasteiger charge is -2.19. The van der Waals surface area contributed by atoms with Gasteiger partial charge in [0, 0.05) is 0 Å². The fourth-order valence-electron chi connectivity index (χ4n) is 1.66. The Morgan fingerprint density at radius 3 is 2.35 bits per heavy atom. The zero-order valence-electron chi connectivity index (χ0n) is 11.2. The van der Waals surface area contributed by atoms with E-state index in [0.29, 0.717) is 5.56 Å². The summed E-state index contributed by atoms with van der Waals surface area (Å²) in [5.74, 6) is -2.49. The number of nitrogens with two attached hydrogens (primary N) is 1. The van der Waals surface area contributed by atoms with E-state index in [0.717, 1.165) is 11.3 Å². The Morgan fingerprint density at radius 2 is 1.95 bits per heavy atom. The maximum atomic E-state index is 12.3. The van der Waals surface area contributed by atoms with Crippen molar-refractivity contribution in [2.45, 2.75) is 31.7 Å². The minimum absolute atomic E-state index is 0.290. The minimum Gasteiger partial charge on any atom is -0.477 e. The van der Waals surface area contributed by atoms with Gasteiger partial charge in [0.05, 0.1) is 0 Å². The second-order valence-electron chi connectivity index (χ2n) is 4.63. The van der Waals surface area contributed by atoms with Gasteiger partial charge in [-0.3, -0.25) is 4.79 Å². The van der Waals surface area contributed by atoms with Gasteiger partial charge in [-0.05, 0) is 23.8 Å². The van der Waals surface area contributed by atoms with Crippen LogP contribution in [0, 0.1) is 12.8 Å². The summed E-state index contributed by atoms with van der Waals surface area (Å²) < 4.78 is 26.7. The molecule has 0 saturated carbocycles. The zero-order valence-corrected chi connectivity index (χ0v) is 12.8. The molecule has 1 rings (SSSR count). The first kappa shape index (κ1) is 16.6. The van der Waals surface area contributed by atoms with Crippen LogP contribution >= 0.6 is 11.3 Å². The van der Waals surface area contributed by atoms with Gasteiger partial charge in [0.15, 0.2) is 0 Å². The first-order valence-corrected chi connectivity index (χ1v) is 8.07. The summed E-state index contributed by atoms with van der Waals surface area (Å²) in [6.45, 7) is 4.76. The van der Waals surface area contributed by atoms with Crippen LogP contribution < -0.4 is 10.5 Å². The van der Waals surface area contributed by atoms with Crippen LogP contribution in [-0.4, -0.2) is 31.4 Å². The maximum Gasteiger partial charge on any atom is 0.347 e. The molecule has 0 aliphatic heterocycles. The molecule has 4 N–H and O–H groups in total. The smallest absolute Gasteiger partial charge is 0.347 e. The standard InChI is InChI=1S/C11H16N2O5S2/c1-5(2)7(10(12)14)13-20(17,18)9-6(3)4-19-8(9)11(15)16/h4-5,7,13H,1-3H3,(H2,12,14)(H,15,16). The lowest BCUT2D eigenvalue weighted by atomic mass is 10.1. The summed E-state index contributed by atoms with van der Waals surface area (Å²) >= 11 is 0.820. The fraction of sp³-hybridized carbons (Fsp3) is 0.455. The van der Waals surface area contributed by atoms with E-state index in [2.05, 4.69) is 4.72 Å². The lowest BCUT2D eigenvalue weighted by molar-refractivity contribution is -0.120. The van der Waals surface area contributed by atoms with Gasteiger partial charge >= 0.3 is 5.97 Å². The summed E-state index contributed by atoms with van der Waals surface area (Å²) in [6, 6.07) is -1.10. The first-order chi connectivity index (χ1) is 9.08. The molecule has 0 aliphatic rings. The Kier molecular flexibility index (Phi) is 4.90. The van der Waals surface area contributed by atoms with E-state index in [1.165, 1.54) is 12.3 Å². The number of aromatic carboxylic acids is 1. The fourth-order valence-corrected chi connectivity index (χ4v) is 4.65. The molecule has 1 aromatic rings. The Morgan fingerprint density at radius 1 is 1.40 bits per heavy atom. The number of primary amides is 1. The number of rotatable bonds is 6. The normalized spacial score (nSPS) is 13.4. The maximum absolute atomic E-state index is 12.3. The molecule has 112 valence electrons. The predicted molar refractivity (Wildman–Crippen MR) is 74.2 cm³/mol. The summed E-state index contributed by atoms with van der Waals surface area (Å²) in [4.78, 5) is 21.7. The number of carbonyl (C=O) groups is 2. The molecule has 1 atom stereocenters. The van der Waals surface area contributed by atoms with Gasteiger partial charge in [-0.1, -0.05) is 13.8 Å². The SMILES string of the molecule is Cc1csc(C(=O)O)c1S(=O)(=O)NC(C(N)=O)C(C)C. The second kappa shape index (κ2) is 5.90. The minimum atomic E-state index is -4.13. The third kappa shape index (κ3) is 3.35. The summed E-state index contributed by atoms with van der Waals surface area (Å²) in [5, 5.41) is 10.5. The number of amides is 1. The number of aryl methyl sites for hydroxylation is 1. The number of hydrogen-bond acceptors (Lipinski definition) is 5. The third-order valence-electron chi connectivity index (χ3n) is 2.64. The Balaban J connectivity index is 3.28. The van der Waals surface area contributed by atoms with Gasteiger partial charge in [0.2, 0.25) is 15.9 Å². The largest absolute Gasteiger partial charge is 0.477 e. The van der Waals surface area contributed by atoms with Gasteiger partial charge in [-0.25, -0.2) is 13.2 Å². The molecule has 20 heavy (non-hydrogen) atoms. The predicted octanol–water partition coefficient (Wildman–Crippen LogP) is 0.543. The van der Waals surface area contributed by atoms with Gasteiger partial charge in [-0.2, -0.15) is 4.72 Å². The molecule has 7 nitrogen and oxygen atoms in total.